The summed E-state index contributed by atoms with van der Waals surface area (Å²) in [4.78, 5) is 28.3. The highest BCUT2D eigenvalue weighted by molar-refractivity contribution is 9.10. The molecule has 3 aromatic rings. The molecule has 40 heavy (non-hydrogen) atoms. The third-order valence-corrected chi connectivity index (χ3v) is 8.88. The van der Waals surface area contributed by atoms with Gasteiger partial charge in [-0.3, -0.25) is 13.9 Å². The molecular formula is C29H33Br2N3O5S. The van der Waals surface area contributed by atoms with Crippen molar-refractivity contribution >= 4 is 59.4 Å². The van der Waals surface area contributed by atoms with Crippen LogP contribution in [0.2, 0.25) is 0 Å². The number of rotatable bonds is 13. The molecule has 8 nitrogen and oxygen atoms in total. The molecule has 0 aliphatic carbocycles. The molecule has 1 N–H and O–H groups in total. The first-order valence-corrected chi connectivity index (χ1v) is 15.9. The highest BCUT2D eigenvalue weighted by Crippen LogP contribution is 2.27. The Bertz CT molecular complexity index is 1400. The molecule has 1 atom stereocenters. The SMILES string of the molecule is CCCNC(=O)[C@@H](C)N(Cc1cccc(Br)c1)C(=O)CN(c1ccc(OCC)cc1)S(=O)(=O)c1ccc(Br)cc1. The number of hydrogen-bond acceptors (Lipinski definition) is 5. The molecule has 0 unspecified atom stereocenters. The highest BCUT2D eigenvalue weighted by atomic mass is 79.9. The molecule has 2 amide bonds. The zero-order valence-electron chi connectivity index (χ0n) is 22.6. The van der Waals surface area contributed by atoms with E-state index in [0.29, 0.717) is 24.6 Å². The summed E-state index contributed by atoms with van der Waals surface area (Å²) >= 11 is 6.79. The molecule has 11 heteroatoms. The number of nitrogens with zero attached hydrogens (tertiary/aromatic N) is 2. The minimum absolute atomic E-state index is 0.0321. The molecule has 0 aliphatic heterocycles. The smallest absolute Gasteiger partial charge is 0.264 e. The number of carbonyl (C=O) groups excluding carboxylic acids is 2. The molecule has 0 radical (unpaired) electrons. The number of carbonyl (C=O) groups is 2. The van der Waals surface area contributed by atoms with Gasteiger partial charge in [0.1, 0.15) is 18.3 Å². The Kier molecular flexibility index (Phi) is 11.6. The van der Waals surface area contributed by atoms with Crippen molar-refractivity contribution in [1.29, 1.82) is 0 Å². The summed E-state index contributed by atoms with van der Waals surface area (Å²) in [5.41, 5.74) is 1.09. The quantitative estimate of drug-likeness (QED) is 0.246. The molecule has 0 bridgehead atoms. The molecule has 0 aromatic heterocycles. The molecular weight excluding hydrogens is 662 g/mol. The average molecular weight is 695 g/mol. The van der Waals surface area contributed by atoms with E-state index in [4.69, 9.17) is 4.74 Å². The number of benzene rings is 3. The fraction of sp³-hybridized carbons (Fsp3) is 0.310. The minimum atomic E-state index is -4.15. The lowest BCUT2D eigenvalue weighted by Crippen LogP contribution is -2.51. The lowest BCUT2D eigenvalue weighted by Gasteiger charge is -2.32. The molecule has 214 valence electrons. The molecule has 0 heterocycles. The fourth-order valence-corrected chi connectivity index (χ4v) is 6.07. The van der Waals surface area contributed by atoms with Gasteiger partial charge in [-0.15, -0.1) is 0 Å². The van der Waals surface area contributed by atoms with Gasteiger partial charge in [-0.05, 0) is 86.5 Å². The summed E-state index contributed by atoms with van der Waals surface area (Å²) in [6.07, 6.45) is 0.745. The molecule has 0 spiro atoms. The maximum absolute atomic E-state index is 13.9. The number of nitrogens with one attached hydrogen (secondary N) is 1. The largest absolute Gasteiger partial charge is 0.494 e. The molecule has 0 fully saturated rings. The van der Waals surface area contributed by atoms with Crippen molar-refractivity contribution in [3.05, 3.63) is 87.3 Å². The topological polar surface area (TPSA) is 96.0 Å². The van der Waals surface area contributed by atoms with Gasteiger partial charge in [-0.1, -0.05) is 50.9 Å². The first kappa shape index (κ1) is 31.6. The van der Waals surface area contributed by atoms with Crippen LogP contribution in [0.25, 0.3) is 0 Å². The van der Waals surface area contributed by atoms with Gasteiger partial charge in [0.25, 0.3) is 10.0 Å². The van der Waals surface area contributed by atoms with Crippen LogP contribution in [0.1, 0.15) is 32.8 Å². The van der Waals surface area contributed by atoms with Crippen molar-refractivity contribution in [2.45, 2.75) is 44.7 Å². The first-order valence-electron chi connectivity index (χ1n) is 12.9. The summed E-state index contributed by atoms with van der Waals surface area (Å²) in [6.45, 7) is 5.98. The van der Waals surface area contributed by atoms with E-state index in [-0.39, 0.29) is 17.3 Å². The van der Waals surface area contributed by atoms with Crippen molar-refractivity contribution < 1.29 is 22.7 Å². The second-order valence-electron chi connectivity index (χ2n) is 9.01. The third kappa shape index (κ3) is 8.31. The van der Waals surface area contributed by atoms with Crippen LogP contribution in [0, 0.1) is 0 Å². The van der Waals surface area contributed by atoms with Crippen molar-refractivity contribution in [3.63, 3.8) is 0 Å². The number of halogens is 2. The number of hydrogen-bond donors (Lipinski definition) is 1. The highest BCUT2D eigenvalue weighted by Gasteiger charge is 2.32. The Morgan fingerprint density at radius 3 is 2.23 bits per heavy atom. The molecule has 3 rings (SSSR count). The molecule has 0 saturated carbocycles. The molecule has 3 aromatic carbocycles. The van der Waals surface area contributed by atoms with Gasteiger partial charge >= 0.3 is 0 Å². The zero-order chi connectivity index (χ0) is 29.3. The van der Waals surface area contributed by atoms with Crippen molar-refractivity contribution in [3.8, 4) is 5.75 Å². The van der Waals surface area contributed by atoms with Crippen LogP contribution in [0.4, 0.5) is 5.69 Å². The maximum Gasteiger partial charge on any atom is 0.264 e. The van der Waals surface area contributed by atoms with Gasteiger partial charge in [0.15, 0.2) is 0 Å². The Balaban J connectivity index is 2.02. The van der Waals surface area contributed by atoms with Crippen molar-refractivity contribution in [2.75, 3.05) is 24.0 Å². The number of amides is 2. The normalized spacial score (nSPS) is 11.9. The van der Waals surface area contributed by atoms with Crippen LogP contribution in [0.5, 0.6) is 5.75 Å². The van der Waals surface area contributed by atoms with Gasteiger partial charge in [0, 0.05) is 22.0 Å². The summed E-state index contributed by atoms with van der Waals surface area (Å²) in [6, 6.07) is 19.3. The monoisotopic (exact) mass is 693 g/mol. The van der Waals surface area contributed by atoms with E-state index < -0.39 is 28.5 Å². The Morgan fingerprint density at radius 2 is 1.62 bits per heavy atom. The standard InChI is InChI=1S/C29H33Br2N3O5S/c1-4-17-32-29(36)21(3)33(19-22-7-6-8-24(31)18-22)28(35)20-34(25-11-13-26(14-12-25)39-5-2)40(37,38)27-15-9-23(30)10-16-27/h6-16,18,21H,4-5,17,19-20H2,1-3H3,(H,32,36)/t21-/m1/s1. The van der Waals surface area contributed by atoms with Gasteiger partial charge < -0.3 is 15.0 Å². The predicted octanol–water partition coefficient (Wildman–Crippen LogP) is 5.75. The van der Waals surface area contributed by atoms with Crippen molar-refractivity contribution in [1.82, 2.24) is 10.2 Å². The van der Waals surface area contributed by atoms with E-state index in [0.717, 1.165) is 25.2 Å². The minimum Gasteiger partial charge on any atom is -0.494 e. The Labute approximate surface area is 253 Å². The number of ether oxygens (including phenoxy) is 1. The van der Waals surface area contributed by atoms with E-state index in [9.17, 15) is 18.0 Å². The van der Waals surface area contributed by atoms with E-state index in [1.54, 1.807) is 43.3 Å². The van der Waals surface area contributed by atoms with E-state index in [1.165, 1.54) is 17.0 Å². The van der Waals surface area contributed by atoms with Crippen molar-refractivity contribution in [2.24, 2.45) is 0 Å². The summed E-state index contributed by atoms with van der Waals surface area (Å²) in [7, 11) is -4.15. The van der Waals surface area contributed by atoms with E-state index >= 15 is 0 Å². The lowest BCUT2D eigenvalue weighted by atomic mass is 10.1. The summed E-state index contributed by atoms with van der Waals surface area (Å²) in [5, 5.41) is 2.84. The fourth-order valence-electron chi connectivity index (χ4n) is 3.95. The van der Waals surface area contributed by atoms with Crippen LogP contribution in [0.3, 0.4) is 0 Å². The second kappa shape index (κ2) is 14.7. The zero-order valence-corrected chi connectivity index (χ0v) is 26.6. The van der Waals surface area contributed by atoms with Crippen LogP contribution >= 0.6 is 31.9 Å². The Hall–Kier alpha value is -2.89. The molecule has 0 saturated heterocycles. The van der Waals surface area contributed by atoms with Crippen LogP contribution in [-0.2, 0) is 26.2 Å². The molecule has 0 aliphatic rings. The van der Waals surface area contributed by atoms with Gasteiger partial charge in [-0.2, -0.15) is 0 Å². The predicted molar refractivity (Wildman–Crippen MR) is 164 cm³/mol. The Morgan fingerprint density at radius 1 is 0.950 bits per heavy atom. The third-order valence-electron chi connectivity index (χ3n) is 6.07. The van der Waals surface area contributed by atoms with Gasteiger partial charge in [-0.25, -0.2) is 8.42 Å². The van der Waals surface area contributed by atoms with E-state index in [2.05, 4.69) is 37.2 Å². The van der Waals surface area contributed by atoms with Gasteiger partial charge in [0.2, 0.25) is 11.8 Å². The average Bonchev–Trinajstić information content (AvgIpc) is 2.93. The lowest BCUT2D eigenvalue weighted by molar-refractivity contribution is -0.139. The van der Waals surface area contributed by atoms with Crippen LogP contribution in [-0.4, -0.2) is 50.9 Å². The van der Waals surface area contributed by atoms with E-state index in [1.807, 2.05) is 38.1 Å². The summed E-state index contributed by atoms with van der Waals surface area (Å²) in [5.74, 6) is -0.252. The maximum atomic E-state index is 13.9. The number of sulfonamides is 1. The second-order valence-corrected chi connectivity index (χ2v) is 12.7. The first-order chi connectivity index (χ1) is 19.1. The number of anilines is 1. The summed E-state index contributed by atoms with van der Waals surface area (Å²) < 4.78 is 35.9. The van der Waals surface area contributed by atoms with Crippen LogP contribution in [0.15, 0.2) is 86.6 Å². The van der Waals surface area contributed by atoms with Crippen LogP contribution < -0.4 is 14.4 Å². The van der Waals surface area contributed by atoms with Gasteiger partial charge in [0.05, 0.1) is 17.2 Å².